The van der Waals surface area contributed by atoms with E-state index in [2.05, 4.69) is 53.4 Å². The zero-order valence-electron chi connectivity index (χ0n) is 10.6. The first-order chi connectivity index (χ1) is 5.67. The Bertz CT molecular complexity index is 136. The van der Waals surface area contributed by atoms with Crippen LogP contribution in [0, 0.1) is 5.41 Å². The Kier molecular flexibility index (Phi) is 4.44. The molecule has 13 heavy (non-hydrogen) atoms. The van der Waals surface area contributed by atoms with Crippen LogP contribution >= 0.6 is 0 Å². The van der Waals surface area contributed by atoms with Gasteiger partial charge >= 0.3 is 0 Å². The zero-order valence-corrected chi connectivity index (χ0v) is 10.6. The molecule has 0 rings (SSSR count). The number of hydrogen-bond acceptors (Lipinski definition) is 1. The zero-order chi connectivity index (χ0) is 10.7. The molecule has 0 unspecified atom stereocenters. The van der Waals surface area contributed by atoms with Gasteiger partial charge in [-0.15, -0.1) is 0 Å². The molecule has 80 valence electrons. The lowest BCUT2D eigenvalue weighted by molar-refractivity contribution is 0.0916. The van der Waals surface area contributed by atoms with Crippen molar-refractivity contribution in [3.8, 4) is 0 Å². The van der Waals surface area contributed by atoms with Gasteiger partial charge in [0.2, 0.25) is 0 Å². The summed E-state index contributed by atoms with van der Waals surface area (Å²) in [5, 5.41) is 0. The number of nitrogens with zero attached hydrogens (tertiary/aromatic N) is 1. The minimum Gasteiger partial charge on any atom is -0.298 e. The Hall–Kier alpha value is -0.0400. The maximum atomic E-state index is 2.58. The Labute approximate surface area is 84.5 Å². The number of hydrogen-bond donors (Lipinski definition) is 0. The molecule has 0 aromatic carbocycles. The molecular weight excluding hydrogens is 158 g/mol. The fourth-order valence-corrected chi connectivity index (χ4v) is 1.49. The van der Waals surface area contributed by atoms with Gasteiger partial charge in [-0.2, -0.15) is 0 Å². The molecule has 0 atom stereocenters. The maximum absolute atomic E-state index is 2.58. The summed E-state index contributed by atoms with van der Waals surface area (Å²) < 4.78 is 0. The lowest BCUT2D eigenvalue weighted by Crippen LogP contribution is -2.46. The van der Waals surface area contributed by atoms with Crippen LogP contribution in [0.5, 0.6) is 0 Å². The molecule has 1 heteroatoms. The van der Waals surface area contributed by atoms with Crippen LogP contribution in [-0.4, -0.2) is 23.5 Å². The Balaban J connectivity index is 4.27. The third-order valence-corrected chi connectivity index (χ3v) is 2.11. The van der Waals surface area contributed by atoms with Gasteiger partial charge in [0.1, 0.15) is 0 Å². The van der Waals surface area contributed by atoms with E-state index in [4.69, 9.17) is 0 Å². The summed E-state index contributed by atoms with van der Waals surface area (Å²) in [5.74, 6) is 0. The van der Waals surface area contributed by atoms with E-state index in [0.717, 1.165) is 0 Å². The highest BCUT2D eigenvalue weighted by molar-refractivity contribution is 4.79. The van der Waals surface area contributed by atoms with Crippen LogP contribution in [0.1, 0.15) is 54.9 Å². The van der Waals surface area contributed by atoms with Gasteiger partial charge in [0, 0.05) is 12.1 Å². The molecule has 0 aliphatic heterocycles. The van der Waals surface area contributed by atoms with Crippen LogP contribution in [0.15, 0.2) is 0 Å². The van der Waals surface area contributed by atoms with Crippen LogP contribution in [0.4, 0.5) is 0 Å². The molecule has 0 fully saturated rings. The topological polar surface area (TPSA) is 3.24 Å². The van der Waals surface area contributed by atoms with E-state index in [1.807, 2.05) is 0 Å². The van der Waals surface area contributed by atoms with Gasteiger partial charge in [-0.25, -0.2) is 0 Å². The first-order valence-electron chi connectivity index (χ1n) is 5.42. The SMILES string of the molecule is CCCN(CC(C)(C)C)C(C)(C)C. The molecule has 0 radical (unpaired) electrons. The molecule has 0 aliphatic carbocycles. The van der Waals surface area contributed by atoms with Crippen molar-refractivity contribution >= 4 is 0 Å². The van der Waals surface area contributed by atoms with Crippen LogP contribution in [-0.2, 0) is 0 Å². The Morgan fingerprint density at radius 2 is 1.38 bits per heavy atom. The van der Waals surface area contributed by atoms with Gasteiger partial charge < -0.3 is 0 Å². The standard InChI is InChI=1S/C12H27N/c1-8-9-13(12(5,6)7)10-11(2,3)4/h8-10H2,1-7H3. The van der Waals surface area contributed by atoms with Gasteiger partial charge in [-0.3, -0.25) is 4.90 Å². The second kappa shape index (κ2) is 4.45. The van der Waals surface area contributed by atoms with Crippen LogP contribution < -0.4 is 0 Å². The molecule has 0 heterocycles. The molecule has 0 aromatic heterocycles. The number of rotatable bonds is 3. The third-order valence-electron chi connectivity index (χ3n) is 2.11. The molecule has 1 nitrogen and oxygen atoms in total. The molecule has 0 amide bonds. The van der Waals surface area contributed by atoms with Crippen LogP contribution in [0.3, 0.4) is 0 Å². The van der Waals surface area contributed by atoms with E-state index in [1.165, 1.54) is 19.5 Å². The summed E-state index contributed by atoms with van der Waals surface area (Å²) >= 11 is 0. The van der Waals surface area contributed by atoms with Gasteiger partial charge in [0.25, 0.3) is 0 Å². The summed E-state index contributed by atoms with van der Waals surface area (Å²) in [5.41, 5.74) is 0.714. The summed E-state index contributed by atoms with van der Waals surface area (Å²) in [7, 11) is 0. The van der Waals surface area contributed by atoms with Crippen LogP contribution in [0.2, 0.25) is 0 Å². The van der Waals surface area contributed by atoms with Gasteiger partial charge in [-0.05, 0) is 39.2 Å². The van der Waals surface area contributed by atoms with Gasteiger partial charge in [0.15, 0.2) is 0 Å². The highest BCUT2D eigenvalue weighted by Gasteiger charge is 2.24. The van der Waals surface area contributed by atoms with Crippen molar-refractivity contribution in [3.05, 3.63) is 0 Å². The van der Waals surface area contributed by atoms with E-state index in [0.29, 0.717) is 11.0 Å². The second-order valence-corrected chi connectivity index (χ2v) is 6.15. The van der Waals surface area contributed by atoms with Crippen molar-refractivity contribution in [2.24, 2.45) is 5.41 Å². The minimum atomic E-state index is 0.309. The molecule has 0 bridgehead atoms. The molecular formula is C12H27N. The normalized spacial score (nSPS) is 13.8. The van der Waals surface area contributed by atoms with Crippen LogP contribution in [0.25, 0.3) is 0 Å². The quantitative estimate of drug-likeness (QED) is 0.650. The van der Waals surface area contributed by atoms with E-state index >= 15 is 0 Å². The van der Waals surface area contributed by atoms with Crippen molar-refractivity contribution < 1.29 is 0 Å². The molecule has 0 spiro atoms. The van der Waals surface area contributed by atoms with Crippen molar-refractivity contribution in [1.29, 1.82) is 0 Å². The fraction of sp³-hybridized carbons (Fsp3) is 1.00. The highest BCUT2D eigenvalue weighted by Crippen LogP contribution is 2.22. The smallest absolute Gasteiger partial charge is 0.0125 e. The van der Waals surface area contributed by atoms with E-state index in [-0.39, 0.29) is 0 Å². The first-order valence-corrected chi connectivity index (χ1v) is 5.42. The maximum Gasteiger partial charge on any atom is 0.0125 e. The predicted molar refractivity (Wildman–Crippen MR) is 61.1 cm³/mol. The monoisotopic (exact) mass is 185 g/mol. The summed E-state index contributed by atoms with van der Waals surface area (Å²) in [6, 6.07) is 0. The van der Waals surface area contributed by atoms with Crippen molar-refractivity contribution in [3.63, 3.8) is 0 Å². The van der Waals surface area contributed by atoms with E-state index in [9.17, 15) is 0 Å². The fourth-order valence-electron chi connectivity index (χ4n) is 1.49. The minimum absolute atomic E-state index is 0.309. The van der Waals surface area contributed by atoms with E-state index < -0.39 is 0 Å². The molecule has 0 aliphatic rings. The summed E-state index contributed by atoms with van der Waals surface area (Å²) in [4.78, 5) is 2.58. The Morgan fingerprint density at radius 3 is 1.62 bits per heavy atom. The summed E-state index contributed by atoms with van der Waals surface area (Å²) in [6.45, 7) is 18.5. The van der Waals surface area contributed by atoms with Crippen molar-refractivity contribution in [2.45, 2.75) is 60.4 Å². The predicted octanol–water partition coefficient (Wildman–Crippen LogP) is 3.54. The average Bonchev–Trinajstić information content (AvgIpc) is 1.81. The molecule has 0 aromatic rings. The van der Waals surface area contributed by atoms with Crippen molar-refractivity contribution in [1.82, 2.24) is 4.90 Å². The second-order valence-electron chi connectivity index (χ2n) is 6.15. The first kappa shape index (κ1) is 13.0. The highest BCUT2D eigenvalue weighted by atomic mass is 15.2. The lowest BCUT2D eigenvalue weighted by Gasteiger charge is -2.39. The molecule has 0 saturated carbocycles. The lowest BCUT2D eigenvalue weighted by atomic mass is 9.93. The van der Waals surface area contributed by atoms with Crippen molar-refractivity contribution in [2.75, 3.05) is 13.1 Å². The van der Waals surface area contributed by atoms with Gasteiger partial charge in [-0.1, -0.05) is 27.7 Å². The van der Waals surface area contributed by atoms with E-state index in [1.54, 1.807) is 0 Å². The van der Waals surface area contributed by atoms with Gasteiger partial charge in [0.05, 0.1) is 0 Å². The largest absolute Gasteiger partial charge is 0.298 e. The Morgan fingerprint density at radius 1 is 0.923 bits per heavy atom. The average molecular weight is 185 g/mol. The molecule has 0 N–H and O–H groups in total. The third kappa shape index (κ3) is 6.09. The summed E-state index contributed by atoms with van der Waals surface area (Å²) in [6.07, 6.45) is 1.24. The molecule has 0 saturated heterocycles.